The molecule has 0 spiro atoms. The van der Waals surface area contributed by atoms with Crippen molar-refractivity contribution in [2.75, 3.05) is 25.5 Å². The van der Waals surface area contributed by atoms with Gasteiger partial charge in [-0.05, 0) is 36.9 Å². The highest BCUT2D eigenvalue weighted by molar-refractivity contribution is 5.92. The van der Waals surface area contributed by atoms with Gasteiger partial charge in [0.1, 0.15) is 0 Å². The van der Waals surface area contributed by atoms with Gasteiger partial charge in [0, 0.05) is 37.1 Å². The molecule has 5 heteroatoms. The van der Waals surface area contributed by atoms with Crippen LogP contribution in [0.1, 0.15) is 11.3 Å². The molecule has 0 saturated carbocycles. The summed E-state index contributed by atoms with van der Waals surface area (Å²) in [5, 5.41) is 2.89. The number of nitrogens with zero attached hydrogens (tertiary/aromatic N) is 2. The molecule has 0 fully saturated rings. The smallest absolute Gasteiger partial charge is 0.238 e. The molecule has 0 bridgehead atoms. The third kappa shape index (κ3) is 5.27. The summed E-state index contributed by atoms with van der Waals surface area (Å²) < 4.78 is 0. The number of pyridine rings is 1. The maximum atomic E-state index is 12.0. The van der Waals surface area contributed by atoms with Crippen molar-refractivity contribution >= 4 is 11.6 Å². The van der Waals surface area contributed by atoms with E-state index < -0.39 is 0 Å². The third-order valence-corrected chi connectivity index (χ3v) is 3.36. The number of benzene rings is 1. The Hall–Kier alpha value is -2.24. The van der Waals surface area contributed by atoms with E-state index in [1.54, 1.807) is 6.20 Å². The lowest BCUT2D eigenvalue weighted by molar-refractivity contribution is -0.117. The van der Waals surface area contributed by atoms with Crippen LogP contribution in [0.2, 0.25) is 0 Å². The average Bonchev–Trinajstić information content (AvgIpc) is 2.54. The summed E-state index contributed by atoms with van der Waals surface area (Å²) in [6.45, 7) is 1.65. The molecule has 2 rings (SSSR count). The number of rotatable bonds is 7. The van der Waals surface area contributed by atoms with Crippen molar-refractivity contribution in [3.63, 3.8) is 0 Å². The first-order valence-corrected chi connectivity index (χ1v) is 7.34. The van der Waals surface area contributed by atoms with Gasteiger partial charge in [-0.25, -0.2) is 0 Å². The molecule has 1 aromatic heterocycles. The van der Waals surface area contributed by atoms with Crippen LogP contribution in [0.15, 0.2) is 48.7 Å². The van der Waals surface area contributed by atoms with Crippen LogP contribution in [0.5, 0.6) is 0 Å². The topological polar surface area (TPSA) is 71.2 Å². The Balaban J connectivity index is 1.75. The second-order valence-electron chi connectivity index (χ2n) is 5.26. The van der Waals surface area contributed by atoms with Crippen LogP contribution in [0.4, 0.5) is 5.69 Å². The van der Waals surface area contributed by atoms with Gasteiger partial charge in [0.15, 0.2) is 0 Å². The molecule has 0 aliphatic carbocycles. The largest absolute Gasteiger partial charge is 0.326 e. The molecule has 1 amide bonds. The minimum Gasteiger partial charge on any atom is -0.326 e. The van der Waals surface area contributed by atoms with E-state index >= 15 is 0 Å². The quantitative estimate of drug-likeness (QED) is 0.815. The van der Waals surface area contributed by atoms with Crippen molar-refractivity contribution in [1.82, 2.24) is 9.88 Å². The Bertz CT molecular complexity index is 583. The Kier molecular flexibility index (Phi) is 6.06. The van der Waals surface area contributed by atoms with Gasteiger partial charge < -0.3 is 11.1 Å². The molecule has 1 heterocycles. The number of carbonyl (C=O) groups is 1. The first-order valence-electron chi connectivity index (χ1n) is 7.34. The lowest BCUT2D eigenvalue weighted by atomic mass is 10.2. The lowest BCUT2D eigenvalue weighted by Gasteiger charge is -2.16. The Morgan fingerprint density at radius 2 is 2.00 bits per heavy atom. The van der Waals surface area contributed by atoms with Crippen LogP contribution in [0, 0.1) is 0 Å². The summed E-state index contributed by atoms with van der Waals surface area (Å²) >= 11 is 0. The zero-order valence-electron chi connectivity index (χ0n) is 12.8. The fraction of sp³-hybridized carbons (Fsp3) is 0.294. The van der Waals surface area contributed by atoms with E-state index in [9.17, 15) is 4.79 Å². The second-order valence-corrected chi connectivity index (χ2v) is 5.26. The lowest BCUT2D eigenvalue weighted by Crippen LogP contribution is -2.31. The van der Waals surface area contributed by atoms with E-state index in [0.717, 1.165) is 29.9 Å². The van der Waals surface area contributed by atoms with Crippen molar-refractivity contribution in [2.24, 2.45) is 5.73 Å². The van der Waals surface area contributed by atoms with E-state index in [2.05, 4.69) is 10.3 Å². The van der Waals surface area contributed by atoms with Crippen LogP contribution >= 0.6 is 0 Å². The Labute approximate surface area is 131 Å². The summed E-state index contributed by atoms with van der Waals surface area (Å²) in [5.74, 6) is -0.0241. The van der Waals surface area contributed by atoms with Crippen molar-refractivity contribution in [3.8, 4) is 0 Å². The molecule has 116 valence electrons. The van der Waals surface area contributed by atoms with Crippen molar-refractivity contribution in [2.45, 2.75) is 13.0 Å². The molecule has 0 unspecified atom stereocenters. The summed E-state index contributed by atoms with van der Waals surface area (Å²) in [5.41, 5.74) is 8.42. The molecule has 22 heavy (non-hydrogen) atoms. The SMILES string of the molecule is CN(CCc1ccccn1)CC(=O)Nc1ccc(CN)cc1. The number of hydrogen-bond acceptors (Lipinski definition) is 4. The number of anilines is 1. The summed E-state index contributed by atoms with van der Waals surface area (Å²) in [4.78, 5) is 18.3. The first kappa shape index (κ1) is 16.1. The van der Waals surface area contributed by atoms with Gasteiger partial charge in [0.25, 0.3) is 0 Å². The highest BCUT2D eigenvalue weighted by atomic mass is 16.2. The van der Waals surface area contributed by atoms with Gasteiger partial charge >= 0.3 is 0 Å². The van der Waals surface area contributed by atoms with Crippen LogP contribution < -0.4 is 11.1 Å². The van der Waals surface area contributed by atoms with E-state index in [4.69, 9.17) is 5.73 Å². The van der Waals surface area contributed by atoms with Gasteiger partial charge in [-0.3, -0.25) is 14.7 Å². The highest BCUT2D eigenvalue weighted by Crippen LogP contribution is 2.09. The predicted molar refractivity (Wildman–Crippen MR) is 88.4 cm³/mol. The van der Waals surface area contributed by atoms with E-state index in [0.29, 0.717) is 13.1 Å². The molecule has 0 atom stereocenters. The minimum atomic E-state index is -0.0241. The van der Waals surface area contributed by atoms with Crippen molar-refractivity contribution in [1.29, 1.82) is 0 Å². The van der Waals surface area contributed by atoms with Gasteiger partial charge in [0.2, 0.25) is 5.91 Å². The molecular formula is C17H22N4O. The summed E-state index contributed by atoms with van der Waals surface area (Å²) in [6, 6.07) is 13.4. The van der Waals surface area contributed by atoms with Crippen molar-refractivity contribution < 1.29 is 4.79 Å². The number of carbonyl (C=O) groups excluding carboxylic acids is 1. The molecule has 0 aliphatic rings. The number of nitrogens with one attached hydrogen (secondary N) is 1. The maximum Gasteiger partial charge on any atom is 0.238 e. The monoisotopic (exact) mass is 298 g/mol. The van der Waals surface area contributed by atoms with Gasteiger partial charge in [-0.1, -0.05) is 18.2 Å². The number of hydrogen-bond donors (Lipinski definition) is 2. The number of nitrogens with two attached hydrogens (primary N) is 1. The zero-order chi connectivity index (χ0) is 15.8. The average molecular weight is 298 g/mol. The fourth-order valence-corrected chi connectivity index (χ4v) is 2.10. The van der Waals surface area contributed by atoms with Gasteiger partial charge in [0.05, 0.1) is 6.54 Å². The van der Waals surface area contributed by atoms with Crippen LogP contribution in [0.3, 0.4) is 0 Å². The normalized spacial score (nSPS) is 10.7. The Morgan fingerprint density at radius 1 is 1.23 bits per heavy atom. The van der Waals surface area contributed by atoms with Crippen molar-refractivity contribution in [3.05, 3.63) is 59.9 Å². The molecule has 3 N–H and O–H groups in total. The minimum absolute atomic E-state index is 0.0241. The molecule has 1 aromatic carbocycles. The van der Waals surface area contributed by atoms with Gasteiger partial charge in [-0.2, -0.15) is 0 Å². The number of likely N-dealkylation sites (N-methyl/N-ethyl adjacent to an activating group) is 1. The number of amides is 1. The first-order chi connectivity index (χ1) is 10.7. The van der Waals surface area contributed by atoms with Crippen LogP contribution in [-0.2, 0) is 17.8 Å². The van der Waals surface area contributed by atoms with Crippen LogP contribution in [-0.4, -0.2) is 35.9 Å². The van der Waals surface area contributed by atoms with E-state index in [1.165, 1.54) is 0 Å². The van der Waals surface area contributed by atoms with E-state index in [-0.39, 0.29) is 5.91 Å². The molecular weight excluding hydrogens is 276 g/mol. The number of aromatic nitrogens is 1. The standard InChI is InChI=1S/C17H22N4O/c1-21(11-9-15-4-2-3-10-19-15)13-17(22)20-16-7-5-14(12-18)6-8-16/h2-8,10H,9,11-13,18H2,1H3,(H,20,22). The second kappa shape index (κ2) is 8.26. The Morgan fingerprint density at radius 3 is 2.64 bits per heavy atom. The molecule has 5 nitrogen and oxygen atoms in total. The van der Waals surface area contributed by atoms with Crippen LogP contribution in [0.25, 0.3) is 0 Å². The molecule has 0 saturated heterocycles. The summed E-state index contributed by atoms with van der Waals surface area (Å²) in [7, 11) is 1.93. The molecule has 0 radical (unpaired) electrons. The molecule has 0 aliphatic heterocycles. The molecule has 2 aromatic rings. The summed E-state index contributed by atoms with van der Waals surface area (Å²) in [6.07, 6.45) is 2.61. The zero-order valence-corrected chi connectivity index (χ0v) is 12.8. The predicted octanol–water partition coefficient (Wildman–Crippen LogP) is 1.65. The third-order valence-electron chi connectivity index (χ3n) is 3.36. The van der Waals surface area contributed by atoms with Gasteiger partial charge in [-0.15, -0.1) is 0 Å². The fourth-order valence-electron chi connectivity index (χ4n) is 2.10. The highest BCUT2D eigenvalue weighted by Gasteiger charge is 2.07. The van der Waals surface area contributed by atoms with E-state index in [1.807, 2.05) is 54.4 Å². The maximum absolute atomic E-state index is 12.0.